The molecule has 1 aromatic carbocycles. The minimum Gasteiger partial charge on any atom is -0.357 e. The number of aromatic nitrogens is 4. The van der Waals surface area contributed by atoms with Crippen molar-refractivity contribution in [1.29, 1.82) is 0 Å². The molecule has 0 radical (unpaired) electrons. The van der Waals surface area contributed by atoms with Gasteiger partial charge in [0.05, 0.1) is 17.3 Å². The van der Waals surface area contributed by atoms with Crippen molar-refractivity contribution in [3.05, 3.63) is 77.0 Å². The Balaban J connectivity index is 1.25. The number of nitrogens with zero attached hydrogens (tertiary/aromatic N) is 6. The molecule has 0 unspecified atom stereocenters. The number of halogens is 1. The average Bonchev–Trinajstić information content (AvgIpc) is 3.43. The van der Waals surface area contributed by atoms with Crippen LogP contribution in [0.4, 0.5) is 10.2 Å². The highest BCUT2D eigenvalue weighted by atomic mass is 19.1. The van der Waals surface area contributed by atoms with Gasteiger partial charge in [0.2, 0.25) is 0 Å². The van der Waals surface area contributed by atoms with E-state index in [4.69, 9.17) is 10.1 Å². The van der Waals surface area contributed by atoms with Crippen LogP contribution in [0.5, 0.6) is 0 Å². The molecule has 3 aromatic heterocycles. The first-order chi connectivity index (χ1) is 18.1. The molecule has 0 N–H and O–H groups in total. The monoisotopic (exact) mass is 496 g/mol. The van der Waals surface area contributed by atoms with Crippen LogP contribution in [0.2, 0.25) is 0 Å². The smallest absolute Gasteiger partial charge is 0.273 e. The van der Waals surface area contributed by atoms with Crippen molar-refractivity contribution in [3.63, 3.8) is 0 Å². The fourth-order valence-electron chi connectivity index (χ4n) is 5.83. The predicted molar refractivity (Wildman–Crippen MR) is 139 cm³/mol. The Morgan fingerprint density at radius 1 is 1.05 bits per heavy atom. The summed E-state index contributed by atoms with van der Waals surface area (Å²) < 4.78 is 17.0. The molecule has 5 heterocycles. The number of pyridine rings is 1. The summed E-state index contributed by atoms with van der Waals surface area (Å²) in [5, 5.41) is 4.73. The van der Waals surface area contributed by atoms with Gasteiger partial charge in [0.1, 0.15) is 17.3 Å². The lowest BCUT2D eigenvalue weighted by atomic mass is 9.93. The van der Waals surface area contributed by atoms with E-state index in [1.807, 2.05) is 17.0 Å². The number of carbonyl (C=O) groups is 1. The zero-order chi connectivity index (χ0) is 25.1. The third kappa shape index (κ3) is 3.86. The van der Waals surface area contributed by atoms with Crippen molar-refractivity contribution in [2.75, 3.05) is 24.5 Å². The van der Waals surface area contributed by atoms with Crippen molar-refractivity contribution in [1.82, 2.24) is 24.5 Å². The van der Waals surface area contributed by atoms with Gasteiger partial charge in [-0.15, -0.1) is 0 Å². The lowest BCUT2D eigenvalue weighted by Crippen LogP contribution is -2.39. The van der Waals surface area contributed by atoms with Crippen LogP contribution in [0.15, 0.2) is 48.7 Å². The summed E-state index contributed by atoms with van der Waals surface area (Å²) in [6.45, 7) is 4.56. The molecule has 188 valence electrons. The second-order valence-corrected chi connectivity index (χ2v) is 10.5. The summed E-state index contributed by atoms with van der Waals surface area (Å²) in [5.74, 6) is 0.594. The number of fused-ring (bicyclic) bond motifs is 2. The van der Waals surface area contributed by atoms with Crippen LogP contribution in [0, 0.1) is 5.82 Å². The Morgan fingerprint density at radius 3 is 2.65 bits per heavy atom. The number of amides is 1. The summed E-state index contributed by atoms with van der Waals surface area (Å²) in [4.78, 5) is 27.0. The molecule has 2 aliphatic heterocycles. The Morgan fingerprint density at radius 2 is 1.86 bits per heavy atom. The van der Waals surface area contributed by atoms with Gasteiger partial charge in [-0.1, -0.05) is 24.3 Å². The molecule has 7 rings (SSSR count). The van der Waals surface area contributed by atoms with Crippen molar-refractivity contribution in [3.8, 4) is 11.3 Å². The van der Waals surface area contributed by atoms with Gasteiger partial charge in [-0.2, -0.15) is 5.10 Å². The van der Waals surface area contributed by atoms with E-state index in [0.717, 1.165) is 50.9 Å². The topological polar surface area (TPSA) is 66.6 Å². The zero-order valence-electron chi connectivity index (χ0n) is 20.9. The Bertz CT molecular complexity index is 1520. The first-order valence-electron chi connectivity index (χ1n) is 13.3. The first kappa shape index (κ1) is 22.4. The maximum absolute atomic E-state index is 15.2. The summed E-state index contributed by atoms with van der Waals surface area (Å²) in [5.41, 5.74) is 5.28. The highest BCUT2D eigenvalue weighted by Crippen LogP contribution is 2.41. The van der Waals surface area contributed by atoms with E-state index >= 15 is 4.39 Å². The normalized spacial score (nSPS) is 19.5. The minimum atomic E-state index is -0.342. The highest BCUT2D eigenvalue weighted by molar-refractivity contribution is 5.93. The van der Waals surface area contributed by atoms with Crippen LogP contribution in [0.25, 0.3) is 16.9 Å². The van der Waals surface area contributed by atoms with E-state index in [1.54, 1.807) is 16.8 Å². The van der Waals surface area contributed by atoms with Crippen LogP contribution >= 0.6 is 0 Å². The molecule has 1 saturated heterocycles. The maximum atomic E-state index is 15.2. The van der Waals surface area contributed by atoms with Gasteiger partial charge in [0.15, 0.2) is 5.65 Å². The Kier molecular flexibility index (Phi) is 5.23. The van der Waals surface area contributed by atoms with E-state index in [-0.39, 0.29) is 17.8 Å². The molecule has 8 heteroatoms. The molecule has 2 fully saturated rings. The average molecular weight is 497 g/mol. The molecular formula is C29H29FN6O. The number of carbonyl (C=O) groups excluding carboxylic acids is 1. The van der Waals surface area contributed by atoms with Crippen molar-refractivity contribution in [2.24, 2.45) is 0 Å². The number of benzene rings is 1. The largest absolute Gasteiger partial charge is 0.357 e. The number of hydrogen-bond acceptors (Lipinski definition) is 5. The SMILES string of the molecule is C[C@@H]1c2ccccc2CCN1C(=O)c1cc(C2CC2)n2nc(-c3cnc(N4CCCC4)cc3F)cc2n1. The van der Waals surface area contributed by atoms with Gasteiger partial charge in [-0.3, -0.25) is 4.79 Å². The summed E-state index contributed by atoms with van der Waals surface area (Å²) >= 11 is 0. The number of rotatable bonds is 4. The van der Waals surface area contributed by atoms with Crippen LogP contribution in [0.1, 0.15) is 71.9 Å². The summed E-state index contributed by atoms with van der Waals surface area (Å²) in [7, 11) is 0. The lowest BCUT2D eigenvalue weighted by molar-refractivity contribution is 0.0671. The van der Waals surface area contributed by atoms with Gasteiger partial charge in [0.25, 0.3) is 5.91 Å². The number of hydrogen-bond donors (Lipinski definition) is 0. The fourth-order valence-corrected chi connectivity index (χ4v) is 5.83. The van der Waals surface area contributed by atoms with Crippen LogP contribution in [0.3, 0.4) is 0 Å². The fraction of sp³-hybridized carbons (Fsp3) is 0.379. The van der Waals surface area contributed by atoms with E-state index in [2.05, 4.69) is 35.0 Å². The Hall–Kier alpha value is -3.81. The van der Waals surface area contributed by atoms with Gasteiger partial charge < -0.3 is 9.80 Å². The molecule has 0 bridgehead atoms. The van der Waals surface area contributed by atoms with E-state index in [0.29, 0.717) is 40.9 Å². The molecular weight excluding hydrogens is 467 g/mol. The second-order valence-electron chi connectivity index (χ2n) is 10.5. The minimum absolute atomic E-state index is 0.0189. The number of anilines is 1. The van der Waals surface area contributed by atoms with Crippen LogP contribution < -0.4 is 4.90 Å². The molecule has 4 aromatic rings. The molecule has 0 spiro atoms. The van der Waals surface area contributed by atoms with Crippen molar-refractivity contribution in [2.45, 2.75) is 51.0 Å². The second kappa shape index (κ2) is 8.64. The first-order valence-corrected chi connectivity index (χ1v) is 13.3. The standard InChI is InChI=1S/C29H29FN6O/c1-18-21-7-3-2-6-19(21)10-13-35(18)29(37)25-15-26(20-8-9-20)36-28(32-25)16-24(33-36)22-17-31-27(14-23(22)30)34-11-4-5-12-34/h2-3,6-7,14-18,20H,4-5,8-13H2,1H3/t18-/m1/s1. The molecule has 1 aliphatic carbocycles. The molecule has 1 atom stereocenters. The van der Waals surface area contributed by atoms with Gasteiger partial charge in [-0.25, -0.2) is 18.9 Å². The van der Waals surface area contributed by atoms with Gasteiger partial charge in [0, 0.05) is 49.6 Å². The molecule has 1 saturated carbocycles. The quantitative estimate of drug-likeness (QED) is 0.390. The molecule has 7 nitrogen and oxygen atoms in total. The summed E-state index contributed by atoms with van der Waals surface area (Å²) in [6.07, 6.45) is 6.72. The van der Waals surface area contributed by atoms with Crippen LogP contribution in [-0.4, -0.2) is 50.0 Å². The maximum Gasteiger partial charge on any atom is 0.273 e. The van der Waals surface area contributed by atoms with Crippen molar-refractivity contribution >= 4 is 17.4 Å². The van der Waals surface area contributed by atoms with Gasteiger partial charge in [-0.05, 0) is 56.2 Å². The molecule has 3 aliphatic rings. The summed E-state index contributed by atoms with van der Waals surface area (Å²) in [6, 6.07) is 13.5. The molecule has 37 heavy (non-hydrogen) atoms. The Labute approximate surface area is 214 Å². The van der Waals surface area contributed by atoms with E-state index < -0.39 is 0 Å². The predicted octanol–water partition coefficient (Wildman–Crippen LogP) is 5.17. The third-order valence-corrected chi connectivity index (χ3v) is 8.07. The zero-order valence-corrected chi connectivity index (χ0v) is 20.9. The van der Waals surface area contributed by atoms with Crippen LogP contribution in [-0.2, 0) is 6.42 Å². The van der Waals surface area contributed by atoms with E-state index in [9.17, 15) is 4.79 Å². The highest BCUT2D eigenvalue weighted by Gasteiger charge is 2.32. The lowest BCUT2D eigenvalue weighted by Gasteiger charge is -2.35. The van der Waals surface area contributed by atoms with Crippen molar-refractivity contribution < 1.29 is 9.18 Å². The van der Waals surface area contributed by atoms with Gasteiger partial charge >= 0.3 is 0 Å². The molecule has 1 amide bonds. The third-order valence-electron chi connectivity index (χ3n) is 8.07. The van der Waals surface area contributed by atoms with E-state index in [1.165, 1.54) is 17.2 Å².